The van der Waals surface area contributed by atoms with Crippen LogP contribution in [-0.2, 0) is 0 Å². The Morgan fingerprint density at radius 1 is 1.05 bits per heavy atom. The fourth-order valence-electron chi connectivity index (χ4n) is 2.49. The zero-order valence-corrected chi connectivity index (χ0v) is 11.8. The summed E-state index contributed by atoms with van der Waals surface area (Å²) in [6.07, 6.45) is 1.28. The van der Waals surface area contributed by atoms with Gasteiger partial charge in [-0.1, -0.05) is 30.3 Å². The van der Waals surface area contributed by atoms with Crippen LogP contribution in [0, 0.1) is 0 Å². The van der Waals surface area contributed by atoms with E-state index in [1.165, 1.54) is 11.3 Å². The molecule has 1 atom stereocenters. The minimum absolute atomic E-state index is 0.0785. The van der Waals surface area contributed by atoms with Crippen molar-refractivity contribution in [3.8, 4) is 11.1 Å². The summed E-state index contributed by atoms with van der Waals surface area (Å²) in [5.74, 6) is 0.619. The number of benzene rings is 1. The minimum Gasteiger partial charge on any atom is -0.465 e. The second kappa shape index (κ2) is 4.79. The van der Waals surface area contributed by atoms with Crippen LogP contribution in [0.1, 0.15) is 22.3 Å². The number of hydrogen-bond acceptors (Lipinski definition) is 4. The summed E-state index contributed by atoms with van der Waals surface area (Å²) in [7, 11) is 0. The van der Waals surface area contributed by atoms with Gasteiger partial charge >= 0.3 is 0 Å². The van der Waals surface area contributed by atoms with Crippen molar-refractivity contribution in [3.05, 3.63) is 65.4 Å². The van der Waals surface area contributed by atoms with Crippen LogP contribution in [0.3, 0.4) is 0 Å². The first-order chi connectivity index (χ1) is 10.3. The van der Waals surface area contributed by atoms with Gasteiger partial charge in [0.05, 0.1) is 11.8 Å². The van der Waals surface area contributed by atoms with E-state index >= 15 is 0 Å². The fraction of sp³-hybridized carbons (Fsp3) is 0.0625. The second-order valence-corrected chi connectivity index (χ2v) is 5.67. The smallest absolute Gasteiger partial charge is 0.256 e. The van der Waals surface area contributed by atoms with Crippen molar-refractivity contribution in [1.82, 2.24) is 5.32 Å². The highest BCUT2D eigenvalue weighted by Crippen LogP contribution is 2.39. The van der Waals surface area contributed by atoms with Crippen LogP contribution in [0.2, 0.25) is 0 Å². The summed E-state index contributed by atoms with van der Waals surface area (Å²) in [4.78, 5) is 12.5. The van der Waals surface area contributed by atoms with Gasteiger partial charge in [-0.25, -0.2) is 0 Å². The Morgan fingerprint density at radius 2 is 1.90 bits per heavy atom. The minimum atomic E-state index is -0.317. The van der Waals surface area contributed by atoms with Gasteiger partial charge < -0.3 is 15.1 Å². The molecule has 0 aliphatic carbocycles. The molecule has 1 aliphatic heterocycles. The standard InChI is InChI=1S/C16H12N2O2S/c19-15-13-11(10-5-2-1-3-6-10)9-21-16(13)18-14(17-15)12-7-4-8-20-12/h1-9,14,18H,(H,17,19)/t14-/m0/s1. The van der Waals surface area contributed by atoms with Crippen molar-refractivity contribution in [2.75, 3.05) is 5.32 Å². The summed E-state index contributed by atoms with van der Waals surface area (Å²) >= 11 is 1.54. The molecule has 3 heterocycles. The van der Waals surface area contributed by atoms with Gasteiger partial charge in [0.2, 0.25) is 0 Å². The molecule has 0 spiro atoms. The molecule has 3 aromatic rings. The van der Waals surface area contributed by atoms with E-state index in [4.69, 9.17) is 4.42 Å². The lowest BCUT2D eigenvalue weighted by molar-refractivity contribution is 0.0932. The topological polar surface area (TPSA) is 54.3 Å². The van der Waals surface area contributed by atoms with Gasteiger partial charge in [0, 0.05) is 10.9 Å². The van der Waals surface area contributed by atoms with Crippen molar-refractivity contribution >= 4 is 22.2 Å². The van der Waals surface area contributed by atoms with Gasteiger partial charge in [-0.3, -0.25) is 4.79 Å². The molecule has 0 saturated heterocycles. The van der Waals surface area contributed by atoms with E-state index in [9.17, 15) is 4.79 Å². The molecule has 1 aliphatic rings. The van der Waals surface area contributed by atoms with Crippen LogP contribution in [0.25, 0.3) is 11.1 Å². The van der Waals surface area contributed by atoms with Crippen molar-refractivity contribution in [2.24, 2.45) is 0 Å². The molecule has 2 N–H and O–H groups in total. The number of hydrogen-bond donors (Lipinski definition) is 2. The molecule has 2 aromatic heterocycles. The average Bonchev–Trinajstić information content (AvgIpc) is 3.17. The predicted octanol–water partition coefficient (Wildman–Crippen LogP) is 3.86. The maximum Gasteiger partial charge on any atom is 0.256 e. The van der Waals surface area contributed by atoms with Crippen LogP contribution in [-0.4, -0.2) is 5.91 Å². The third-order valence-electron chi connectivity index (χ3n) is 3.48. The van der Waals surface area contributed by atoms with Crippen molar-refractivity contribution in [3.63, 3.8) is 0 Å². The SMILES string of the molecule is O=C1N[C@H](c2ccco2)Nc2scc(-c3ccccc3)c21. The molecule has 4 nitrogen and oxygen atoms in total. The Morgan fingerprint density at radius 3 is 2.67 bits per heavy atom. The quantitative estimate of drug-likeness (QED) is 0.755. The van der Waals surface area contributed by atoms with Gasteiger partial charge in [-0.05, 0) is 17.7 Å². The first-order valence-corrected chi connectivity index (χ1v) is 7.48. The van der Waals surface area contributed by atoms with Crippen molar-refractivity contribution in [2.45, 2.75) is 6.17 Å². The lowest BCUT2D eigenvalue weighted by atomic mass is 10.0. The largest absolute Gasteiger partial charge is 0.465 e. The zero-order valence-electron chi connectivity index (χ0n) is 11.0. The molecule has 0 saturated carbocycles. The number of rotatable bonds is 2. The second-order valence-electron chi connectivity index (χ2n) is 4.79. The Balaban J connectivity index is 1.74. The summed E-state index contributed by atoms with van der Waals surface area (Å²) in [5, 5.41) is 9.13. The Hall–Kier alpha value is -2.53. The number of fused-ring (bicyclic) bond motifs is 1. The van der Waals surface area contributed by atoms with Crippen molar-refractivity contribution < 1.29 is 9.21 Å². The first-order valence-electron chi connectivity index (χ1n) is 6.60. The van der Waals surface area contributed by atoms with E-state index in [1.54, 1.807) is 6.26 Å². The molecule has 0 fully saturated rings. The number of carbonyl (C=O) groups is 1. The molecule has 0 unspecified atom stereocenters. The lowest BCUT2D eigenvalue weighted by Crippen LogP contribution is -2.37. The van der Waals surface area contributed by atoms with E-state index in [-0.39, 0.29) is 12.1 Å². The molecule has 0 bridgehead atoms. The number of amides is 1. The highest BCUT2D eigenvalue weighted by molar-refractivity contribution is 7.15. The van der Waals surface area contributed by atoms with Crippen LogP contribution >= 0.6 is 11.3 Å². The number of thiophene rings is 1. The normalized spacial score (nSPS) is 17.0. The van der Waals surface area contributed by atoms with Gasteiger partial charge in [0.15, 0.2) is 6.17 Å². The van der Waals surface area contributed by atoms with Crippen LogP contribution in [0.5, 0.6) is 0 Å². The van der Waals surface area contributed by atoms with Crippen LogP contribution in [0.4, 0.5) is 5.00 Å². The van der Waals surface area contributed by atoms with E-state index in [0.29, 0.717) is 11.3 Å². The highest BCUT2D eigenvalue weighted by atomic mass is 32.1. The third-order valence-corrected chi connectivity index (χ3v) is 4.39. The van der Waals surface area contributed by atoms with E-state index < -0.39 is 0 Å². The van der Waals surface area contributed by atoms with Crippen LogP contribution < -0.4 is 10.6 Å². The van der Waals surface area contributed by atoms with Crippen LogP contribution in [0.15, 0.2) is 58.5 Å². The average molecular weight is 296 g/mol. The van der Waals surface area contributed by atoms with E-state index in [2.05, 4.69) is 10.6 Å². The van der Waals surface area contributed by atoms with Gasteiger partial charge in [-0.15, -0.1) is 11.3 Å². The monoisotopic (exact) mass is 296 g/mol. The number of anilines is 1. The molecule has 104 valence electrons. The molecule has 0 radical (unpaired) electrons. The number of furan rings is 1. The first kappa shape index (κ1) is 12.2. The van der Waals surface area contributed by atoms with E-state index in [0.717, 1.165) is 16.1 Å². The maximum absolute atomic E-state index is 12.5. The maximum atomic E-state index is 12.5. The third kappa shape index (κ3) is 2.02. The predicted molar refractivity (Wildman–Crippen MR) is 82.3 cm³/mol. The molecule has 21 heavy (non-hydrogen) atoms. The van der Waals surface area contributed by atoms with Gasteiger partial charge in [0.25, 0.3) is 5.91 Å². The molecule has 1 aromatic carbocycles. The number of carbonyl (C=O) groups excluding carboxylic acids is 1. The Kier molecular flexibility index (Phi) is 2.79. The molecule has 1 amide bonds. The molecular weight excluding hydrogens is 284 g/mol. The van der Waals surface area contributed by atoms with E-state index in [1.807, 2.05) is 47.8 Å². The Labute approximate surface area is 125 Å². The zero-order chi connectivity index (χ0) is 14.2. The number of nitrogens with one attached hydrogen (secondary N) is 2. The molecule has 4 rings (SSSR count). The lowest BCUT2D eigenvalue weighted by Gasteiger charge is -2.24. The summed E-state index contributed by atoms with van der Waals surface area (Å²) in [5.41, 5.74) is 2.70. The fourth-order valence-corrected chi connectivity index (χ4v) is 3.48. The van der Waals surface area contributed by atoms with Gasteiger partial charge in [-0.2, -0.15) is 0 Å². The molecule has 5 heteroatoms. The summed E-state index contributed by atoms with van der Waals surface area (Å²) in [6.45, 7) is 0. The summed E-state index contributed by atoms with van der Waals surface area (Å²) < 4.78 is 5.36. The van der Waals surface area contributed by atoms with Crippen molar-refractivity contribution in [1.29, 1.82) is 0 Å². The summed E-state index contributed by atoms with van der Waals surface area (Å²) in [6, 6.07) is 13.6. The highest BCUT2D eigenvalue weighted by Gasteiger charge is 2.30. The van der Waals surface area contributed by atoms with Gasteiger partial charge in [0.1, 0.15) is 10.8 Å². The molecular formula is C16H12N2O2S. The Bertz CT molecular complexity index is 778.